The molecule has 11 heteroatoms. The van der Waals surface area contributed by atoms with Gasteiger partial charge in [-0.2, -0.15) is 13.2 Å². The highest BCUT2D eigenvalue weighted by Gasteiger charge is 2.30. The summed E-state index contributed by atoms with van der Waals surface area (Å²) < 4.78 is 40.1. The van der Waals surface area contributed by atoms with E-state index in [-0.39, 0.29) is 23.3 Å². The van der Waals surface area contributed by atoms with E-state index in [2.05, 4.69) is 10.3 Å². The first kappa shape index (κ1) is 23.8. The molecule has 2 heterocycles. The van der Waals surface area contributed by atoms with E-state index in [4.69, 9.17) is 5.21 Å². The molecule has 4 N–H and O–H groups in total. The number of nitrogens with zero attached hydrogens (tertiary/aromatic N) is 1. The minimum atomic E-state index is -4.47. The van der Waals surface area contributed by atoms with Crippen LogP contribution in [0.1, 0.15) is 32.0 Å². The van der Waals surface area contributed by atoms with E-state index in [9.17, 15) is 27.6 Å². The number of hydrogen-bond donors (Lipinski definition) is 4. The van der Waals surface area contributed by atoms with Crippen LogP contribution in [0.4, 0.5) is 13.2 Å². The van der Waals surface area contributed by atoms with Gasteiger partial charge in [-0.15, -0.1) is 0 Å². The molecule has 0 bridgehead atoms. The Bertz CT molecular complexity index is 1470. The van der Waals surface area contributed by atoms with E-state index in [0.717, 1.165) is 12.1 Å². The number of H-pyrrole nitrogens is 1. The van der Waals surface area contributed by atoms with Gasteiger partial charge in [0.1, 0.15) is 11.2 Å². The molecule has 0 spiro atoms. The van der Waals surface area contributed by atoms with Crippen molar-refractivity contribution in [3.63, 3.8) is 0 Å². The SMILES string of the molecule is Cn1cc(-c2ccc(C(F)(F)F)cc2)c2cc(C(=O)NCc3ccc(C(=O)NO)cc3)[nH]c2c1=O. The van der Waals surface area contributed by atoms with E-state index < -0.39 is 29.1 Å². The molecule has 0 aliphatic rings. The number of alkyl halides is 3. The third-order valence-electron chi connectivity index (χ3n) is 5.50. The fourth-order valence-electron chi connectivity index (χ4n) is 3.64. The molecule has 0 aliphatic carbocycles. The molecule has 8 nitrogen and oxygen atoms in total. The Morgan fingerprint density at radius 3 is 2.29 bits per heavy atom. The summed E-state index contributed by atoms with van der Waals surface area (Å²) in [6, 6.07) is 12.2. The van der Waals surface area contributed by atoms with Gasteiger partial charge < -0.3 is 14.9 Å². The zero-order chi connectivity index (χ0) is 25.3. The Balaban J connectivity index is 1.61. The van der Waals surface area contributed by atoms with Gasteiger partial charge in [0.05, 0.1) is 5.56 Å². The normalized spacial score (nSPS) is 11.5. The first-order valence-corrected chi connectivity index (χ1v) is 10.3. The number of nitrogens with one attached hydrogen (secondary N) is 3. The quantitative estimate of drug-likeness (QED) is 0.256. The molecule has 2 aromatic heterocycles. The second-order valence-corrected chi connectivity index (χ2v) is 7.83. The van der Waals surface area contributed by atoms with Crippen LogP contribution in [0.5, 0.6) is 0 Å². The lowest BCUT2D eigenvalue weighted by Gasteiger charge is -2.09. The van der Waals surface area contributed by atoms with Crippen LogP contribution in [0.15, 0.2) is 65.6 Å². The maximum atomic E-state index is 12.9. The highest BCUT2D eigenvalue weighted by Crippen LogP contribution is 2.33. The van der Waals surface area contributed by atoms with E-state index in [0.29, 0.717) is 22.1 Å². The van der Waals surface area contributed by atoms with Crippen molar-refractivity contribution in [3.8, 4) is 11.1 Å². The molecular weight excluding hydrogens is 465 g/mol. The summed E-state index contributed by atoms with van der Waals surface area (Å²) in [5.41, 5.74) is 2.47. The van der Waals surface area contributed by atoms with Gasteiger partial charge >= 0.3 is 6.18 Å². The molecular formula is C24H19F3N4O4. The number of aromatic amines is 1. The number of hydroxylamine groups is 1. The summed E-state index contributed by atoms with van der Waals surface area (Å²) in [5, 5.41) is 11.8. The predicted octanol–water partition coefficient (Wildman–Crippen LogP) is 3.60. The average Bonchev–Trinajstić information content (AvgIpc) is 3.30. The van der Waals surface area contributed by atoms with Gasteiger partial charge in [-0.1, -0.05) is 24.3 Å². The lowest BCUT2D eigenvalue weighted by atomic mass is 10.0. The summed E-state index contributed by atoms with van der Waals surface area (Å²) in [6.07, 6.45) is -2.96. The lowest BCUT2D eigenvalue weighted by Crippen LogP contribution is -2.23. The molecule has 0 unspecified atom stereocenters. The molecule has 4 aromatic rings. The van der Waals surface area contributed by atoms with Crippen molar-refractivity contribution in [2.24, 2.45) is 7.05 Å². The molecule has 0 saturated carbocycles. The van der Waals surface area contributed by atoms with E-state index in [1.807, 2.05) is 0 Å². The zero-order valence-electron chi connectivity index (χ0n) is 18.2. The largest absolute Gasteiger partial charge is 0.416 e. The van der Waals surface area contributed by atoms with E-state index in [1.54, 1.807) is 12.1 Å². The number of pyridine rings is 1. The molecule has 0 atom stereocenters. The first-order valence-electron chi connectivity index (χ1n) is 10.3. The van der Waals surface area contributed by atoms with Crippen molar-refractivity contribution in [2.75, 3.05) is 0 Å². The third kappa shape index (κ3) is 4.80. The average molecular weight is 484 g/mol. The minimum Gasteiger partial charge on any atom is -0.347 e. The van der Waals surface area contributed by atoms with Crippen LogP contribution < -0.4 is 16.4 Å². The molecule has 0 radical (unpaired) electrons. The standard InChI is InChI=1S/C24H19F3N4O4/c1-31-12-18(14-6-8-16(9-7-14)24(25,26)27)17-10-19(29-20(17)23(31)34)22(33)28-11-13-2-4-15(5-3-13)21(32)30-35/h2-10,12,29,35H,11H2,1H3,(H,28,33)(H,30,32). The molecule has 0 aliphatic heterocycles. The van der Waals surface area contributed by atoms with Crippen molar-refractivity contribution in [1.82, 2.24) is 20.3 Å². The van der Waals surface area contributed by atoms with Crippen molar-refractivity contribution in [1.29, 1.82) is 0 Å². The van der Waals surface area contributed by atoms with Crippen LogP contribution >= 0.6 is 0 Å². The van der Waals surface area contributed by atoms with Gasteiger partial charge in [0.2, 0.25) is 0 Å². The molecule has 180 valence electrons. The van der Waals surface area contributed by atoms with Gasteiger partial charge in [-0.3, -0.25) is 19.6 Å². The highest BCUT2D eigenvalue weighted by molar-refractivity contribution is 6.02. The summed E-state index contributed by atoms with van der Waals surface area (Å²) in [7, 11) is 1.51. The smallest absolute Gasteiger partial charge is 0.347 e. The summed E-state index contributed by atoms with van der Waals surface area (Å²) in [5.74, 6) is -1.16. The van der Waals surface area contributed by atoms with Gasteiger partial charge in [-0.05, 0) is 41.5 Å². The number of amides is 2. The number of carbonyl (C=O) groups is 2. The first-order chi connectivity index (χ1) is 16.6. The summed E-state index contributed by atoms with van der Waals surface area (Å²) in [6.45, 7) is 0.124. The molecule has 2 aromatic carbocycles. The van der Waals surface area contributed by atoms with Gasteiger partial charge in [0.15, 0.2) is 0 Å². The van der Waals surface area contributed by atoms with Crippen LogP contribution in [0, 0.1) is 0 Å². The van der Waals surface area contributed by atoms with Crippen molar-refractivity contribution < 1.29 is 28.0 Å². The number of aromatic nitrogens is 2. The predicted molar refractivity (Wildman–Crippen MR) is 121 cm³/mol. The van der Waals surface area contributed by atoms with Crippen LogP contribution in [0.25, 0.3) is 22.0 Å². The van der Waals surface area contributed by atoms with Gasteiger partial charge in [0.25, 0.3) is 17.4 Å². The highest BCUT2D eigenvalue weighted by atomic mass is 19.4. The number of carbonyl (C=O) groups excluding carboxylic acids is 2. The molecule has 35 heavy (non-hydrogen) atoms. The number of benzene rings is 2. The Hall–Kier alpha value is -4.38. The second-order valence-electron chi connectivity index (χ2n) is 7.83. The number of aryl methyl sites for hydroxylation is 1. The zero-order valence-corrected chi connectivity index (χ0v) is 18.2. The monoisotopic (exact) mass is 484 g/mol. The maximum Gasteiger partial charge on any atom is 0.416 e. The Labute approximate surface area is 196 Å². The molecule has 0 saturated heterocycles. The number of fused-ring (bicyclic) bond motifs is 1. The Morgan fingerprint density at radius 1 is 1.03 bits per heavy atom. The number of hydrogen-bond acceptors (Lipinski definition) is 4. The summed E-state index contributed by atoms with van der Waals surface area (Å²) in [4.78, 5) is 39.6. The van der Waals surface area contributed by atoms with Crippen LogP contribution in [-0.4, -0.2) is 26.6 Å². The van der Waals surface area contributed by atoms with Crippen LogP contribution in [0.3, 0.4) is 0 Å². The van der Waals surface area contributed by atoms with Crippen LogP contribution in [0.2, 0.25) is 0 Å². The summed E-state index contributed by atoms with van der Waals surface area (Å²) >= 11 is 0. The van der Waals surface area contributed by atoms with Crippen LogP contribution in [-0.2, 0) is 19.8 Å². The minimum absolute atomic E-state index is 0.104. The Morgan fingerprint density at radius 2 is 1.69 bits per heavy atom. The topological polar surface area (TPSA) is 116 Å². The lowest BCUT2D eigenvalue weighted by molar-refractivity contribution is -0.137. The second kappa shape index (κ2) is 9.11. The van der Waals surface area contributed by atoms with Crippen molar-refractivity contribution >= 4 is 22.7 Å². The van der Waals surface area contributed by atoms with E-state index >= 15 is 0 Å². The van der Waals surface area contributed by atoms with E-state index in [1.165, 1.54) is 53.6 Å². The van der Waals surface area contributed by atoms with Crippen molar-refractivity contribution in [3.05, 3.63) is 93.5 Å². The maximum absolute atomic E-state index is 12.9. The fraction of sp³-hybridized carbons (Fsp3) is 0.125. The number of rotatable bonds is 5. The molecule has 4 rings (SSSR count). The van der Waals surface area contributed by atoms with Gasteiger partial charge in [0, 0.05) is 36.3 Å². The Kier molecular flexibility index (Phi) is 6.18. The van der Waals surface area contributed by atoms with Crippen molar-refractivity contribution in [2.45, 2.75) is 12.7 Å². The molecule has 2 amide bonds. The number of halogens is 3. The third-order valence-corrected chi connectivity index (χ3v) is 5.50. The fourth-order valence-corrected chi connectivity index (χ4v) is 3.64. The molecule has 0 fully saturated rings. The van der Waals surface area contributed by atoms with Gasteiger partial charge in [-0.25, -0.2) is 5.48 Å².